The van der Waals surface area contributed by atoms with Crippen molar-refractivity contribution in [2.45, 2.75) is 26.3 Å². The van der Waals surface area contributed by atoms with Crippen molar-refractivity contribution in [3.63, 3.8) is 0 Å². The number of ether oxygens (including phenoxy) is 1. The Hall–Kier alpha value is -0.530. The van der Waals surface area contributed by atoms with Gasteiger partial charge in [-0.2, -0.15) is 4.58 Å². The smallest absolute Gasteiger partial charge is 0.333 e. The number of hydrogen-bond acceptors (Lipinski definition) is 1. The van der Waals surface area contributed by atoms with Crippen molar-refractivity contribution < 1.29 is 9.31 Å². The van der Waals surface area contributed by atoms with Crippen molar-refractivity contribution in [2.24, 2.45) is 0 Å². The van der Waals surface area contributed by atoms with Gasteiger partial charge in [0.25, 0.3) is 0 Å². The van der Waals surface area contributed by atoms with Crippen LogP contribution >= 0.6 is 0 Å². The van der Waals surface area contributed by atoms with Gasteiger partial charge in [0.15, 0.2) is 12.1 Å². The van der Waals surface area contributed by atoms with E-state index in [1.807, 2.05) is 6.92 Å². The molecule has 0 atom stereocenters. The first-order chi connectivity index (χ1) is 4.04. The Labute approximate surface area is 56.1 Å². The lowest BCUT2D eigenvalue weighted by Gasteiger charge is -2.09. The van der Waals surface area contributed by atoms with Crippen molar-refractivity contribution in [1.29, 1.82) is 0 Å². The van der Waals surface area contributed by atoms with E-state index in [4.69, 9.17) is 4.74 Å². The van der Waals surface area contributed by atoms with Crippen molar-refractivity contribution >= 4 is 5.90 Å². The second-order valence-corrected chi connectivity index (χ2v) is 3.18. The summed E-state index contributed by atoms with van der Waals surface area (Å²) in [4.78, 5) is 0. The van der Waals surface area contributed by atoms with Crippen molar-refractivity contribution in [3.8, 4) is 0 Å². The van der Waals surface area contributed by atoms with Crippen LogP contribution in [0.3, 0.4) is 0 Å². The third-order valence-corrected chi connectivity index (χ3v) is 2.01. The van der Waals surface area contributed by atoms with Crippen LogP contribution in [0.4, 0.5) is 0 Å². The molecule has 0 spiro atoms. The molecule has 0 radical (unpaired) electrons. The molecule has 0 aromatic rings. The summed E-state index contributed by atoms with van der Waals surface area (Å²) in [6, 6.07) is 0. The van der Waals surface area contributed by atoms with Gasteiger partial charge in [0.2, 0.25) is 0 Å². The van der Waals surface area contributed by atoms with Crippen LogP contribution in [0, 0.1) is 0 Å². The van der Waals surface area contributed by atoms with Gasteiger partial charge in [-0.1, -0.05) is 0 Å². The van der Waals surface area contributed by atoms with Gasteiger partial charge in [-0.05, 0) is 0 Å². The molecule has 1 rings (SSSR count). The van der Waals surface area contributed by atoms with E-state index in [9.17, 15) is 0 Å². The molecule has 0 aromatic carbocycles. The summed E-state index contributed by atoms with van der Waals surface area (Å²) in [6.07, 6.45) is 0. The lowest BCUT2D eigenvalue weighted by molar-refractivity contribution is -0.563. The van der Waals surface area contributed by atoms with Crippen molar-refractivity contribution in [3.05, 3.63) is 0 Å². The van der Waals surface area contributed by atoms with E-state index in [1.165, 1.54) is 0 Å². The minimum absolute atomic E-state index is 0.198. The molecular weight excluding hydrogens is 114 g/mol. The van der Waals surface area contributed by atoms with Gasteiger partial charge in [-0.3, -0.25) is 0 Å². The van der Waals surface area contributed by atoms with Crippen molar-refractivity contribution in [1.82, 2.24) is 0 Å². The summed E-state index contributed by atoms with van der Waals surface area (Å²) in [5.74, 6) is 1.03. The summed E-state index contributed by atoms with van der Waals surface area (Å²) < 4.78 is 7.48. The summed E-state index contributed by atoms with van der Waals surface area (Å²) in [5.41, 5.74) is 0.198. The SMILES string of the molecule is CC1=[N+](C)C(C)(C)CO1. The minimum atomic E-state index is 0.198. The molecular formula is C7H14NO+. The molecule has 52 valence electrons. The van der Waals surface area contributed by atoms with Gasteiger partial charge in [0.1, 0.15) is 7.05 Å². The monoisotopic (exact) mass is 128 g/mol. The Bertz CT molecular complexity index is 158. The van der Waals surface area contributed by atoms with Crippen LogP contribution in [0.2, 0.25) is 0 Å². The second-order valence-electron chi connectivity index (χ2n) is 3.18. The quantitative estimate of drug-likeness (QED) is 0.441. The molecule has 0 saturated carbocycles. The van der Waals surface area contributed by atoms with Crippen LogP contribution in [0.1, 0.15) is 20.8 Å². The zero-order valence-corrected chi connectivity index (χ0v) is 6.56. The van der Waals surface area contributed by atoms with E-state index in [2.05, 4.69) is 25.5 Å². The highest BCUT2D eigenvalue weighted by atomic mass is 16.5. The lowest BCUT2D eigenvalue weighted by Crippen LogP contribution is -2.32. The molecule has 2 nitrogen and oxygen atoms in total. The van der Waals surface area contributed by atoms with E-state index in [-0.39, 0.29) is 5.54 Å². The topological polar surface area (TPSA) is 12.2 Å². The van der Waals surface area contributed by atoms with Gasteiger partial charge in [0.05, 0.1) is 6.92 Å². The third-order valence-electron chi connectivity index (χ3n) is 2.01. The fraction of sp³-hybridized carbons (Fsp3) is 0.857. The molecule has 0 unspecified atom stereocenters. The van der Waals surface area contributed by atoms with Crippen LogP contribution in [-0.4, -0.2) is 29.7 Å². The first kappa shape index (κ1) is 6.59. The normalized spacial score (nSPS) is 24.4. The molecule has 1 aliphatic rings. The molecule has 0 aromatic heterocycles. The Morgan fingerprint density at radius 1 is 1.56 bits per heavy atom. The number of rotatable bonds is 0. The number of hydrogen-bond donors (Lipinski definition) is 0. The summed E-state index contributed by atoms with van der Waals surface area (Å²) in [7, 11) is 2.06. The molecule has 0 bridgehead atoms. The van der Waals surface area contributed by atoms with E-state index < -0.39 is 0 Å². The Morgan fingerprint density at radius 3 is 2.22 bits per heavy atom. The maximum absolute atomic E-state index is 5.32. The zero-order valence-electron chi connectivity index (χ0n) is 6.56. The van der Waals surface area contributed by atoms with Gasteiger partial charge in [0, 0.05) is 13.8 Å². The van der Waals surface area contributed by atoms with E-state index in [0.717, 1.165) is 12.5 Å². The first-order valence-corrected chi connectivity index (χ1v) is 3.24. The fourth-order valence-electron chi connectivity index (χ4n) is 0.901. The summed E-state index contributed by atoms with van der Waals surface area (Å²) in [5, 5.41) is 0. The summed E-state index contributed by atoms with van der Waals surface area (Å²) in [6.45, 7) is 7.15. The molecule has 2 heteroatoms. The fourth-order valence-corrected chi connectivity index (χ4v) is 0.901. The van der Waals surface area contributed by atoms with Gasteiger partial charge >= 0.3 is 5.90 Å². The van der Waals surface area contributed by atoms with Gasteiger partial charge < -0.3 is 4.74 Å². The van der Waals surface area contributed by atoms with Crippen LogP contribution in [0.15, 0.2) is 0 Å². The average Bonchev–Trinajstić information content (AvgIpc) is 1.97. The van der Waals surface area contributed by atoms with Crippen LogP contribution in [0.5, 0.6) is 0 Å². The molecule has 1 aliphatic heterocycles. The van der Waals surface area contributed by atoms with Crippen LogP contribution < -0.4 is 0 Å². The molecule has 0 saturated heterocycles. The maximum Gasteiger partial charge on any atom is 0.333 e. The standard InChI is InChI=1S/C7H14NO/c1-6-8(4)7(2,3)5-9-6/h5H2,1-4H3/q+1. The lowest BCUT2D eigenvalue weighted by atomic mass is 10.1. The zero-order chi connectivity index (χ0) is 7.07. The molecule has 1 heterocycles. The Morgan fingerprint density at radius 2 is 2.11 bits per heavy atom. The number of nitrogens with zero attached hydrogens (tertiary/aromatic N) is 1. The highest BCUT2D eigenvalue weighted by Crippen LogP contribution is 2.14. The van der Waals surface area contributed by atoms with Crippen molar-refractivity contribution in [2.75, 3.05) is 13.7 Å². The minimum Gasteiger partial charge on any atom is -0.441 e. The molecule has 0 amide bonds. The van der Waals surface area contributed by atoms with Gasteiger partial charge in [-0.25, -0.2) is 0 Å². The van der Waals surface area contributed by atoms with Crippen LogP contribution in [-0.2, 0) is 4.74 Å². The summed E-state index contributed by atoms with van der Waals surface area (Å²) >= 11 is 0. The van der Waals surface area contributed by atoms with E-state index >= 15 is 0 Å². The van der Waals surface area contributed by atoms with Crippen LogP contribution in [0.25, 0.3) is 0 Å². The second kappa shape index (κ2) is 1.72. The Kier molecular flexibility index (Phi) is 1.26. The third kappa shape index (κ3) is 0.934. The molecule has 0 N–H and O–H groups in total. The highest BCUT2D eigenvalue weighted by Gasteiger charge is 2.36. The first-order valence-electron chi connectivity index (χ1n) is 3.24. The molecule has 0 fully saturated rings. The predicted molar refractivity (Wildman–Crippen MR) is 36.9 cm³/mol. The molecule has 9 heavy (non-hydrogen) atoms. The number of likely N-dealkylation sites (N-methyl/N-ethyl adjacent to an activating group) is 1. The maximum atomic E-state index is 5.32. The van der Waals surface area contributed by atoms with E-state index in [1.54, 1.807) is 0 Å². The van der Waals surface area contributed by atoms with Gasteiger partial charge in [-0.15, -0.1) is 0 Å². The highest BCUT2D eigenvalue weighted by molar-refractivity contribution is 5.68. The molecule has 0 aliphatic carbocycles. The largest absolute Gasteiger partial charge is 0.441 e. The Balaban J connectivity index is 2.88. The predicted octanol–water partition coefficient (Wildman–Crippen LogP) is 0.856. The average molecular weight is 128 g/mol. The van der Waals surface area contributed by atoms with E-state index in [0.29, 0.717) is 0 Å².